The highest BCUT2D eigenvalue weighted by Gasteiger charge is 2.33. The largest absolute Gasteiger partial charge is 0.418 e. The first-order chi connectivity index (χ1) is 17.0. The molecule has 2 aromatic carbocycles. The van der Waals surface area contributed by atoms with E-state index in [4.69, 9.17) is 11.6 Å². The topological polar surface area (TPSA) is 90.9 Å². The molecule has 0 radical (unpaired) electrons. The van der Waals surface area contributed by atoms with Crippen molar-refractivity contribution >= 4 is 46.1 Å². The lowest BCUT2D eigenvalue weighted by molar-refractivity contribution is -0.137. The number of hydrogen-bond donors (Lipinski definition) is 1. The van der Waals surface area contributed by atoms with Crippen LogP contribution in [0.15, 0.2) is 63.3 Å². The fraction of sp³-hybridized carbons (Fsp3) is 0.217. The Morgan fingerprint density at radius 1 is 1.06 bits per heavy atom. The van der Waals surface area contributed by atoms with E-state index in [0.717, 1.165) is 28.0 Å². The van der Waals surface area contributed by atoms with Gasteiger partial charge in [-0.15, -0.1) is 0 Å². The molecule has 0 unspecified atom stereocenters. The fourth-order valence-corrected chi connectivity index (χ4v) is 4.53. The van der Waals surface area contributed by atoms with Crippen molar-refractivity contribution in [1.82, 2.24) is 18.7 Å². The summed E-state index contributed by atoms with van der Waals surface area (Å²) in [4.78, 5) is 42.3. The molecule has 8 nitrogen and oxygen atoms in total. The van der Waals surface area contributed by atoms with Crippen LogP contribution in [0.5, 0.6) is 0 Å². The fourth-order valence-electron chi connectivity index (χ4n) is 3.61. The van der Waals surface area contributed by atoms with Crippen LogP contribution in [0, 0.1) is 0 Å². The third-order valence-corrected chi connectivity index (χ3v) is 6.63. The molecule has 0 aliphatic carbocycles. The minimum Gasteiger partial charge on any atom is -0.325 e. The van der Waals surface area contributed by atoms with Gasteiger partial charge in [-0.05, 0) is 29.8 Å². The van der Waals surface area contributed by atoms with E-state index >= 15 is 0 Å². The van der Waals surface area contributed by atoms with Crippen molar-refractivity contribution in [2.24, 2.45) is 14.1 Å². The molecule has 0 saturated heterocycles. The number of imidazole rings is 1. The van der Waals surface area contributed by atoms with Gasteiger partial charge in [-0.2, -0.15) is 13.2 Å². The number of amides is 1. The maximum atomic E-state index is 13.3. The number of aromatic nitrogens is 4. The molecule has 0 saturated carbocycles. The molecule has 2 aromatic heterocycles. The lowest BCUT2D eigenvalue weighted by atomic mass is 10.1. The molecule has 4 rings (SSSR count). The van der Waals surface area contributed by atoms with Crippen molar-refractivity contribution in [3.63, 3.8) is 0 Å². The van der Waals surface area contributed by atoms with Gasteiger partial charge in [0.05, 0.1) is 23.5 Å². The summed E-state index contributed by atoms with van der Waals surface area (Å²) >= 11 is 6.90. The summed E-state index contributed by atoms with van der Waals surface area (Å²) < 4.78 is 43.5. The summed E-state index contributed by atoms with van der Waals surface area (Å²) in [5, 5.41) is 3.06. The van der Waals surface area contributed by atoms with E-state index in [9.17, 15) is 27.6 Å². The predicted octanol–water partition coefficient (Wildman–Crippen LogP) is 3.89. The van der Waals surface area contributed by atoms with Gasteiger partial charge in [0.2, 0.25) is 5.91 Å². The lowest BCUT2D eigenvalue weighted by Crippen LogP contribution is -2.37. The second-order valence-corrected chi connectivity index (χ2v) is 9.24. The third-order valence-electron chi connectivity index (χ3n) is 5.41. The van der Waals surface area contributed by atoms with Crippen molar-refractivity contribution in [2.75, 3.05) is 11.1 Å². The van der Waals surface area contributed by atoms with Crippen molar-refractivity contribution < 1.29 is 18.0 Å². The average Bonchev–Trinajstić information content (AvgIpc) is 3.19. The maximum Gasteiger partial charge on any atom is 0.418 e. The Hall–Kier alpha value is -3.51. The number of carbonyl (C=O) groups is 1. The van der Waals surface area contributed by atoms with Gasteiger partial charge >= 0.3 is 11.9 Å². The number of nitrogens with zero attached hydrogens (tertiary/aromatic N) is 4. The van der Waals surface area contributed by atoms with Crippen LogP contribution < -0.4 is 16.6 Å². The third kappa shape index (κ3) is 5.05. The van der Waals surface area contributed by atoms with Gasteiger partial charge in [-0.25, -0.2) is 9.78 Å². The Morgan fingerprint density at radius 2 is 1.72 bits per heavy atom. The van der Waals surface area contributed by atoms with Crippen LogP contribution in [0.1, 0.15) is 11.1 Å². The summed E-state index contributed by atoms with van der Waals surface area (Å²) in [6.07, 6.45) is -4.63. The molecule has 36 heavy (non-hydrogen) atoms. The van der Waals surface area contributed by atoms with Gasteiger partial charge in [0.25, 0.3) is 5.56 Å². The molecule has 1 amide bonds. The first-order valence-electron chi connectivity index (χ1n) is 10.5. The molecule has 2 heterocycles. The highest BCUT2D eigenvalue weighted by atomic mass is 35.5. The minimum absolute atomic E-state index is 0.127. The van der Waals surface area contributed by atoms with Crippen LogP contribution in [0.3, 0.4) is 0 Å². The number of thioether (sulfide) groups is 1. The molecular weight excluding hydrogens is 519 g/mol. The Balaban J connectivity index is 1.68. The van der Waals surface area contributed by atoms with E-state index in [0.29, 0.717) is 5.02 Å². The number of carbonyl (C=O) groups excluding carboxylic acids is 1. The number of nitrogens with one attached hydrogen (secondary N) is 1. The number of alkyl halides is 3. The van der Waals surface area contributed by atoms with Crippen molar-refractivity contribution in [3.8, 4) is 0 Å². The van der Waals surface area contributed by atoms with Gasteiger partial charge in [0.1, 0.15) is 0 Å². The SMILES string of the molecule is Cn1c(=O)c2c(nc(SCC(=O)Nc3ccccc3C(F)(F)F)n2Cc2ccc(Cl)cc2)n(C)c1=O. The first-order valence-corrected chi connectivity index (χ1v) is 11.8. The molecule has 0 fully saturated rings. The summed E-state index contributed by atoms with van der Waals surface area (Å²) in [6.45, 7) is 0.183. The number of para-hydroxylation sites is 1. The van der Waals surface area contributed by atoms with Crippen LogP contribution in [-0.4, -0.2) is 30.3 Å². The predicted molar refractivity (Wildman–Crippen MR) is 132 cm³/mol. The maximum absolute atomic E-state index is 13.3. The van der Waals surface area contributed by atoms with Gasteiger partial charge in [-0.3, -0.25) is 18.7 Å². The highest BCUT2D eigenvalue weighted by molar-refractivity contribution is 7.99. The van der Waals surface area contributed by atoms with E-state index in [1.807, 2.05) is 0 Å². The summed E-state index contributed by atoms with van der Waals surface area (Å²) in [6, 6.07) is 11.6. The molecule has 0 atom stereocenters. The number of rotatable bonds is 6. The number of halogens is 4. The molecule has 0 spiro atoms. The van der Waals surface area contributed by atoms with Crippen molar-refractivity contribution in [3.05, 3.63) is 85.5 Å². The van der Waals surface area contributed by atoms with Gasteiger partial charge in [-0.1, -0.05) is 47.6 Å². The van der Waals surface area contributed by atoms with E-state index < -0.39 is 28.9 Å². The summed E-state index contributed by atoms with van der Waals surface area (Å²) in [5.74, 6) is -0.978. The Morgan fingerprint density at radius 3 is 2.39 bits per heavy atom. The Labute approximate surface area is 211 Å². The lowest BCUT2D eigenvalue weighted by Gasteiger charge is -2.13. The molecule has 0 aliphatic rings. The molecular formula is C23H19ClF3N5O3S. The second kappa shape index (κ2) is 9.86. The van der Waals surface area contributed by atoms with E-state index in [2.05, 4.69) is 10.3 Å². The van der Waals surface area contributed by atoms with E-state index in [1.165, 1.54) is 36.9 Å². The Bertz CT molecular complexity index is 1580. The van der Waals surface area contributed by atoms with Gasteiger partial charge in [0, 0.05) is 19.1 Å². The number of fused-ring (bicyclic) bond motifs is 1. The quantitative estimate of drug-likeness (QED) is 0.377. The first kappa shape index (κ1) is 25.6. The zero-order valence-electron chi connectivity index (χ0n) is 19.0. The van der Waals surface area contributed by atoms with Crippen molar-refractivity contribution in [2.45, 2.75) is 17.9 Å². The van der Waals surface area contributed by atoms with Crippen LogP contribution in [-0.2, 0) is 31.6 Å². The molecule has 1 N–H and O–H groups in total. The van der Waals surface area contributed by atoms with Gasteiger partial charge < -0.3 is 9.88 Å². The summed E-state index contributed by atoms with van der Waals surface area (Å²) in [5.41, 5.74) is -1.40. The van der Waals surface area contributed by atoms with Crippen LogP contribution in [0.2, 0.25) is 5.02 Å². The highest BCUT2D eigenvalue weighted by Crippen LogP contribution is 2.34. The smallest absolute Gasteiger partial charge is 0.325 e. The van der Waals surface area contributed by atoms with Crippen LogP contribution >= 0.6 is 23.4 Å². The van der Waals surface area contributed by atoms with E-state index in [1.54, 1.807) is 28.8 Å². The van der Waals surface area contributed by atoms with Gasteiger partial charge in [0.15, 0.2) is 16.3 Å². The minimum atomic E-state index is -4.63. The normalized spacial score (nSPS) is 11.7. The van der Waals surface area contributed by atoms with Crippen LogP contribution in [0.25, 0.3) is 11.2 Å². The molecule has 13 heteroatoms. The number of hydrogen-bond acceptors (Lipinski definition) is 5. The number of aryl methyl sites for hydroxylation is 1. The molecule has 0 aliphatic heterocycles. The van der Waals surface area contributed by atoms with Crippen LogP contribution in [0.4, 0.5) is 18.9 Å². The molecule has 4 aromatic rings. The average molecular weight is 538 g/mol. The van der Waals surface area contributed by atoms with Crippen molar-refractivity contribution in [1.29, 1.82) is 0 Å². The second-order valence-electron chi connectivity index (χ2n) is 7.87. The molecule has 188 valence electrons. The number of benzene rings is 2. The summed E-state index contributed by atoms with van der Waals surface area (Å²) in [7, 11) is 2.82. The van der Waals surface area contributed by atoms with E-state index in [-0.39, 0.29) is 34.3 Å². The zero-order chi connectivity index (χ0) is 26.2. The standard InChI is InChI=1S/C23H19ClF3N5O3S/c1-30-19-18(20(34)31(2)22(30)35)32(11-13-7-9-14(24)10-8-13)21(29-19)36-12-17(33)28-16-6-4-3-5-15(16)23(25,26)27/h3-10H,11-12H2,1-2H3,(H,28,33). The zero-order valence-corrected chi connectivity index (χ0v) is 20.5. The number of anilines is 1. The Kier molecular flexibility index (Phi) is 7.01. The molecule has 0 bridgehead atoms. The monoisotopic (exact) mass is 537 g/mol.